The van der Waals surface area contributed by atoms with Crippen LogP contribution in [0.2, 0.25) is 0 Å². The smallest absolute Gasteiger partial charge is 0.347 e. The number of carbonyl (C=O) groups excluding carboxylic acids is 2. The predicted octanol–water partition coefficient (Wildman–Crippen LogP) is 1.34. The Morgan fingerprint density at radius 2 is 1.80 bits per heavy atom. The fourth-order valence-corrected chi connectivity index (χ4v) is 5.25. The maximum absolute atomic E-state index is 12.1. The summed E-state index contributed by atoms with van der Waals surface area (Å²) in [4.78, 5) is 32.2. The second kappa shape index (κ2) is 4.09. The maximum Gasteiger partial charge on any atom is 0.347 e. The van der Waals surface area contributed by atoms with Gasteiger partial charge in [-0.05, 0) is 13.8 Å². The fourth-order valence-electron chi connectivity index (χ4n) is 2.44. The van der Waals surface area contributed by atoms with E-state index in [0.29, 0.717) is 0 Å². The van der Waals surface area contributed by atoms with E-state index in [-0.39, 0.29) is 0 Å². The lowest BCUT2D eigenvalue weighted by Gasteiger charge is -2.56. The quantitative estimate of drug-likeness (QED) is 0.440. The number of β-lactam (4-membered cyclic amide) rings is 1. The topological polar surface area (TPSA) is 86.7 Å². The number of hydrogen-bond donors (Lipinski definition) is 2. The molecule has 0 aromatic heterocycles. The molecular formula is C10H11Cl3N2O4S. The van der Waals surface area contributed by atoms with Crippen LogP contribution in [0.25, 0.3) is 0 Å². The molecular weight excluding hydrogens is 351 g/mol. The zero-order chi connectivity index (χ0) is 15.7. The van der Waals surface area contributed by atoms with Crippen molar-refractivity contribution in [3.05, 3.63) is 0 Å². The summed E-state index contributed by atoms with van der Waals surface area (Å²) in [6.07, 6.45) is 0. The van der Waals surface area contributed by atoms with Gasteiger partial charge >= 0.3 is 5.97 Å². The average Bonchev–Trinajstić information content (AvgIpc) is 2.42. The number of aliphatic carboxylic acids is 1. The van der Waals surface area contributed by atoms with E-state index in [2.05, 4.69) is 5.32 Å². The van der Waals surface area contributed by atoms with Crippen LogP contribution in [0.15, 0.2) is 0 Å². The molecule has 2 fully saturated rings. The molecule has 10 heteroatoms. The molecule has 0 radical (unpaired) electrons. The molecule has 0 spiro atoms. The third-order valence-electron chi connectivity index (χ3n) is 3.35. The summed E-state index contributed by atoms with van der Waals surface area (Å²) in [7, 11) is 0. The number of nitrogens with zero attached hydrogens (tertiary/aromatic N) is 1. The van der Waals surface area contributed by atoms with E-state index in [9.17, 15) is 19.5 Å². The first-order valence-electron chi connectivity index (χ1n) is 5.48. The average molecular weight is 362 g/mol. The molecule has 0 bridgehead atoms. The van der Waals surface area contributed by atoms with Crippen molar-refractivity contribution in [3.63, 3.8) is 0 Å². The first-order valence-corrected chi connectivity index (χ1v) is 7.43. The van der Waals surface area contributed by atoms with Crippen LogP contribution in [0.4, 0.5) is 0 Å². The fraction of sp³-hybridized carbons (Fsp3) is 0.700. The highest BCUT2D eigenvalue weighted by Crippen LogP contribution is 2.69. The zero-order valence-corrected chi connectivity index (χ0v) is 13.7. The van der Waals surface area contributed by atoms with Crippen molar-refractivity contribution >= 4 is 64.3 Å². The van der Waals surface area contributed by atoms with Crippen LogP contribution in [0, 0.1) is 0 Å². The van der Waals surface area contributed by atoms with Gasteiger partial charge in [0.2, 0.25) is 20.2 Å². The van der Waals surface area contributed by atoms with E-state index in [1.54, 1.807) is 0 Å². The van der Waals surface area contributed by atoms with E-state index in [0.717, 1.165) is 16.7 Å². The van der Waals surface area contributed by atoms with E-state index < -0.39 is 36.9 Å². The van der Waals surface area contributed by atoms with Crippen LogP contribution < -0.4 is 5.32 Å². The molecule has 0 aromatic carbocycles. The third-order valence-corrected chi connectivity index (χ3v) is 7.05. The first kappa shape index (κ1) is 16.0. The number of carboxylic acid groups (broad SMARTS) is 1. The molecule has 0 saturated carbocycles. The second-order valence-electron chi connectivity index (χ2n) is 5.08. The summed E-state index contributed by atoms with van der Waals surface area (Å²) in [6.45, 7) is 4.29. The van der Waals surface area contributed by atoms with Gasteiger partial charge in [-0.1, -0.05) is 46.6 Å². The number of amides is 2. The molecule has 112 valence electrons. The first-order chi connectivity index (χ1) is 8.84. The minimum absolute atomic E-state index is 0.511. The minimum Gasteiger partial charge on any atom is -0.479 e. The number of hydrogen-bond acceptors (Lipinski definition) is 4. The zero-order valence-electron chi connectivity index (χ0n) is 10.7. The highest BCUT2D eigenvalue weighted by atomic mass is 35.5. The number of halogens is 3. The van der Waals surface area contributed by atoms with E-state index in [4.69, 9.17) is 34.8 Å². The lowest BCUT2D eigenvalue weighted by molar-refractivity contribution is -0.171. The monoisotopic (exact) mass is 360 g/mol. The Bertz CT molecular complexity index is 541. The van der Waals surface area contributed by atoms with Gasteiger partial charge in [-0.3, -0.25) is 14.5 Å². The number of alkyl halides is 3. The number of rotatable bonds is 2. The summed E-state index contributed by atoms with van der Waals surface area (Å²) in [5, 5.41) is 11.9. The molecule has 2 rings (SSSR count). The molecule has 2 aliphatic heterocycles. The van der Waals surface area contributed by atoms with Crippen LogP contribution in [0.5, 0.6) is 0 Å². The highest BCUT2D eigenvalue weighted by Gasteiger charge is 2.86. The summed E-state index contributed by atoms with van der Waals surface area (Å²) in [5.74, 6) is -2.78. The van der Waals surface area contributed by atoms with Crippen molar-refractivity contribution in [2.45, 2.75) is 39.8 Å². The van der Waals surface area contributed by atoms with Gasteiger partial charge < -0.3 is 10.4 Å². The Hall–Kier alpha value is -0.370. The summed E-state index contributed by atoms with van der Waals surface area (Å²) in [6, 6.07) is 0. The van der Waals surface area contributed by atoms with Crippen molar-refractivity contribution in [1.82, 2.24) is 10.2 Å². The molecule has 2 heterocycles. The summed E-state index contributed by atoms with van der Waals surface area (Å²) >= 11 is 19.1. The lowest BCUT2D eigenvalue weighted by Crippen LogP contribution is -2.84. The van der Waals surface area contributed by atoms with Crippen molar-refractivity contribution in [2.75, 3.05) is 0 Å². The van der Waals surface area contributed by atoms with Gasteiger partial charge in [-0.15, -0.1) is 0 Å². The Labute approximate surface area is 134 Å². The summed E-state index contributed by atoms with van der Waals surface area (Å²) < 4.78 is -3.11. The molecule has 6 nitrogen and oxygen atoms in total. The Morgan fingerprint density at radius 1 is 1.30 bits per heavy atom. The van der Waals surface area contributed by atoms with Gasteiger partial charge in [0.15, 0.2) is 0 Å². The highest BCUT2D eigenvalue weighted by molar-refractivity contribution is 8.02. The second-order valence-corrected chi connectivity index (χ2v) is 8.77. The van der Waals surface area contributed by atoms with Crippen LogP contribution in [0.1, 0.15) is 20.8 Å². The van der Waals surface area contributed by atoms with E-state index in [1.165, 1.54) is 20.8 Å². The van der Waals surface area contributed by atoms with Crippen LogP contribution in [-0.4, -0.2) is 46.9 Å². The molecule has 0 aromatic rings. The van der Waals surface area contributed by atoms with Crippen molar-refractivity contribution in [2.24, 2.45) is 0 Å². The number of nitrogens with one attached hydrogen (secondary N) is 1. The van der Waals surface area contributed by atoms with E-state index in [1.807, 2.05) is 0 Å². The largest absolute Gasteiger partial charge is 0.479 e. The number of thioether (sulfide) groups is 1. The van der Waals surface area contributed by atoms with Gasteiger partial charge in [-0.2, -0.15) is 0 Å². The van der Waals surface area contributed by atoms with Crippen molar-refractivity contribution in [1.29, 1.82) is 0 Å². The molecule has 0 unspecified atom stereocenters. The Balaban J connectivity index is 2.64. The Kier molecular flexibility index (Phi) is 3.27. The van der Waals surface area contributed by atoms with Gasteiger partial charge in [0.05, 0.1) is 4.75 Å². The minimum atomic E-state index is -2.07. The summed E-state index contributed by atoms with van der Waals surface area (Å²) in [5.41, 5.74) is 0. The SMILES string of the molecule is CC(=O)N[C@]12SC(C)(C)[C@](Cl)(C(=O)O)N1C(=O)C2(Cl)Cl. The Morgan fingerprint density at radius 3 is 2.20 bits per heavy atom. The maximum atomic E-state index is 12.1. The lowest BCUT2D eigenvalue weighted by atomic mass is 9.94. The predicted molar refractivity (Wildman–Crippen MR) is 75.7 cm³/mol. The van der Waals surface area contributed by atoms with Crippen LogP contribution >= 0.6 is 46.6 Å². The molecule has 2 amide bonds. The van der Waals surface area contributed by atoms with E-state index >= 15 is 0 Å². The number of fused-ring (bicyclic) bond motifs is 1. The normalized spacial score (nSPS) is 37.1. The number of carbonyl (C=O) groups is 3. The number of carboxylic acids is 1. The van der Waals surface area contributed by atoms with Crippen molar-refractivity contribution < 1.29 is 19.5 Å². The van der Waals surface area contributed by atoms with Crippen LogP contribution in [-0.2, 0) is 14.4 Å². The van der Waals surface area contributed by atoms with Gasteiger partial charge in [-0.25, -0.2) is 4.79 Å². The van der Waals surface area contributed by atoms with Crippen LogP contribution in [0.3, 0.4) is 0 Å². The molecule has 2 N–H and O–H groups in total. The molecule has 2 atom stereocenters. The molecule has 20 heavy (non-hydrogen) atoms. The molecule has 2 aliphatic rings. The molecule has 0 aliphatic carbocycles. The molecule has 2 saturated heterocycles. The third kappa shape index (κ3) is 1.52. The van der Waals surface area contributed by atoms with Gasteiger partial charge in [0.1, 0.15) is 0 Å². The van der Waals surface area contributed by atoms with Crippen molar-refractivity contribution in [3.8, 4) is 0 Å². The van der Waals surface area contributed by atoms with Gasteiger partial charge in [0, 0.05) is 6.92 Å². The van der Waals surface area contributed by atoms with Gasteiger partial charge in [0.25, 0.3) is 5.91 Å². The standard InChI is InChI=1S/C10H11Cl3N2O4S/c1-4(16)14-10-8(11,12)5(17)15(10)9(13,6(18)19)7(2,3)20-10/h1-3H3,(H,14,16)(H,18,19)/t9-,10-/m0/s1.